The zero-order chi connectivity index (χ0) is 22.1. The first-order valence-corrected chi connectivity index (χ1v) is 11.6. The number of carbonyl (C=O) groups excluding carboxylic acids is 1. The second-order valence-corrected chi connectivity index (χ2v) is 9.93. The summed E-state index contributed by atoms with van der Waals surface area (Å²) in [7, 11) is -0.542. The Labute approximate surface area is 179 Å². The van der Waals surface area contributed by atoms with Crippen molar-refractivity contribution >= 4 is 21.6 Å². The van der Waals surface area contributed by atoms with Gasteiger partial charge in [-0.05, 0) is 74.6 Å². The number of piperidine rings is 1. The van der Waals surface area contributed by atoms with Gasteiger partial charge in [0.05, 0.1) is 13.0 Å². The number of nitrogens with zero attached hydrogens (tertiary/aromatic N) is 2. The number of sulfonamides is 1. The first-order chi connectivity index (χ1) is 14.1. The molecule has 6 nitrogen and oxygen atoms in total. The van der Waals surface area contributed by atoms with E-state index in [1.165, 1.54) is 17.0 Å². The highest BCUT2D eigenvalue weighted by atomic mass is 32.2. The molecular weight excluding hydrogens is 400 g/mol. The molecule has 0 bridgehead atoms. The van der Waals surface area contributed by atoms with Gasteiger partial charge in [0.2, 0.25) is 15.9 Å². The van der Waals surface area contributed by atoms with Gasteiger partial charge in [-0.3, -0.25) is 4.79 Å². The van der Waals surface area contributed by atoms with Gasteiger partial charge in [0, 0.05) is 25.8 Å². The number of methoxy groups -OCH3 is 1. The molecule has 1 saturated heterocycles. The van der Waals surface area contributed by atoms with E-state index in [0.717, 1.165) is 16.8 Å². The Morgan fingerprint density at radius 2 is 1.83 bits per heavy atom. The van der Waals surface area contributed by atoms with Gasteiger partial charge in [0.1, 0.15) is 10.6 Å². The fourth-order valence-electron chi connectivity index (χ4n) is 3.82. The van der Waals surface area contributed by atoms with Crippen molar-refractivity contribution in [2.45, 2.75) is 38.5 Å². The van der Waals surface area contributed by atoms with Crippen molar-refractivity contribution in [3.63, 3.8) is 0 Å². The molecular formula is C23H30N2O4S. The number of aryl methyl sites for hydroxylation is 3. The largest absolute Gasteiger partial charge is 0.495 e. The Bertz CT molecular complexity index is 1050. The van der Waals surface area contributed by atoms with Crippen molar-refractivity contribution in [2.75, 3.05) is 32.1 Å². The first-order valence-electron chi connectivity index (χ1n) is 10.1. The molecule has 1 amide bonds. The lowest BCUT2D eigenvalue weighted by Gasteiger charge is -2.33. The van der Waals surface area contributed by atoms with Crippen LogP contribution in [0.2, 0.25) is 0 Å². The van der Waals surface area contributed by atoms with Crippen LogP contribution in [0.1, 0.15) is 29.5 Å². The van der Waals surface area contributed by atoms with Crippen LogP contribution < -0.4 is 9.64 Å². The summed E-state index contributed by atoms with van der Waals surface area (Å²) in [6, 6.07) is 11.0. The Morgan fingerprint density at radius 1 is 1.10 bits per heavy atom. The van der Waals surface area contributed by atoms with Crippen LogP contribution in [0.25, 0.3) is 0 Å². The van der Waals surface area contributed by atoms with Gasteiger partial charge in [0.15, 0.2) is 0 Å². The van der Waals surface area contributed by atoms with Gasteiger partial charge < -0.3 is 9.64 Å². The van der Waals surface area contributed by atoms with Gasteiger partial charge in [-0.1, -0.05) is 12.1 Å². The minimum absolute atomic E-state index is 0.0608. The summed E-state index contributed by atoms with van der Waals surface area (Å²) in [6.07, 6.45) is 1.32. The predicted molar refractivity (Wildman–Crippen MR) is 119 cm³/mol. The average Bonchev–Trinajstić information content (AvgIpc) is 2.74. The van der Waals surface area contributed by atoms with Crippen LogP contribution >= 0.6 is 0 Å². The number of ether oxygens (including phenoxy) is 1. The lowest BCUT2D eigenvalue weighted by atomic mass is 9.98. The number of carbonyl (C=O) groups is 1. The molecule has 1 heterocycles. The van der Waals surface area contributed by atoms with Crippen molar-refractivity contribution in [2.24, 2.45) is 5.92 Å². The second-order valence-electron chi connectivity index (χ2n) is 8.02. The lowest BCUT2D eigenvalue weighted by Crippen LogP contribution is -2.46. The molecule has 0 radical (unpaired) electrons. The average molecular weight is 431 g/mol. The van der Waals surface area contributed by atoms with E-state index in [-0.39, 0.29) is 23.3 Å². The normalized spacial score (nSPS) is 17.6. The highest BCUT2D eigenvalue weighted by Crippen LogP contribution is 2.31. The van der Waals surface area contributed by atoms with Crippen molar-refractivity contribution in [3.8, 4) is 5.75 Å². The lowest BCUT2D eigenvalue weighted by molar-refractivity contribution is -0.123. The van der Waals surface area contributed by atoms with Crippen LogP contribution in [0.15, 0.2) is 41.3 Å². The molecule has 162 valence electrons. The summed E-state index contributed by atoms with van der Waals surface area (Å²) >= 11 is 0. The molecule has 1 aliphatic heterocycles. The molecule has 1 fully saturated rings. The van der Waals surface area contributed by atoms with Crippen LogP contribution in [-0.2, 0) is 14.8 Å². The van der Waals surface area contributed by atoms with Gasteiger partial charge in [-0.15, -0.1) is 0 Å². The third kappa shape index (κ3) is 4.37. The molecule has 0 saturated carbocycles. The van der Waals surface area contributed by atoms with E-state index < -0.39 is 10.0 Å². The monoisotopic (exact) mass is 430 g/mol. The number of hydrogen-bond acceptors (Lipinski definition) is 4. The zero-order valence-electron chi connectivity index (χ0n) is 18.3. The second kappa shape index (κ2) is 8.78. The van der Waals surface area contributed by atoms with E-state index in [4.69, 9.17) is 4.74 Å². The maximum absolute atomic E-state index is 13.3. The highest BCUT2D eigenvalue weighted by Gasteiger charge is 2.36. The summed E-state index contributed by atoms with van der Waals surface area (Å²) in [5.74, 6) is -0.119. The molecule has 1 atom stereocenters. The minimum Gasteiger partial charge on any atom is -0.495 e. The third-order valence-electron chi connectivity index (χ3n) is 5.88. The first kappa shape index (κ1) is 22.3. The van der Waals surface area contributed by atoms with E-state index in [9.17, 15) is 13.2 Å². The van der Waals surface area contributed by atoms with Crippen molar-refractivity contribution in [1.82, 2.24) is 4.31 Å². The fourth-order valence-corrected chi connectivity index (χ4v) is 5.59. The highest BCUT2D eigenvalue weighted by molar-refractivity contribution is 7.89. The molecule has 2 aromatic carbocycles. The van der Waals surface area contributed by atoms with Gasteiger partial charge in [-0.2, -0.15) is 4.31 Å². The van der Waals surface area contributed by atoms with Crippen LogP contribution in [0, 0.1) is 26.7 Å². The summed E-state index contributed by atoms with van der Waals surface area (Å²) in [5, 5.41) is 0. The molecule has 0 N–H and O–H groups in total. The smallest absolute Gasteiger partial charge is 0.246 e. The zero-order valence-corrected chi connectivity index (χ0v) is 19.1. The number of rotatable bonds is 5. The number of hydrogen-bond donors (Lipinski definition) is 0. The van der Waals surface area contributed by atoms with Crippen molar-refractivity contribution in [1.29, 1.82) is 0 Å². The maximum atomic E-state index is 13.3. The predicted octanol–water partition coefficient (Wildman–Crippen LogP) is 3.68. The minimum atomic E-state index is -3.76. The molecule has 30 heavy (non-hydrogen) atoms. The van der Waals surface area contributed by atoms with Gasteiger partial charge >= 0.3 is 0 Å². The van der Waals surface area contributed by atoms with E-state index in [1.807, 2.05) is 45.0 Å². The molecule has 0 aromatic heterocycles. The molecule has 1 unspecified atom stereocenters. The Hall–Kier alpha value is -2.38. The molecule has 2 aromatic rings. The maximum Gasteiger partial charge on any atom is 0.246 e. The van der Waals surface area contributed by atoms with Crippen LogP contribution in [0.5, 0.6) is 5.75 Å². The quantitative estimate of drug-likeness (QED) is 0.726. The van der Waals surface area contributed by atoms with E-state index >= 15 is 0 Å². The molecule has 7 heteroatoms. The van der Waals surface area contributed by atoms with E-state index in [2.05, 4.69) is 0 Å². The van der Waals surface area contributed by atoms with Gasteiger partial charge in [-0.25, -0.2) is 8.42 Å². The van der Waals surface area contributed by atoms with E-state index in [1.54, 1.807) is 24.1 Å². The standard InChI is InChI=1S/C23H30N2O4S/c1-16-8-11-21(29-5)22(13-16)30(27,28)25-12-6-7-19(15-25)23(26)24(4)20-10-9-17(2)18(3)14-20/h8-11,13-14,19H,6-7,12,15H2,1-5H3. The van der Waals surface area contributed by atoms with Crippen LogP contribution in [0.3, 0.4) is 0 Å². The molecule has 1 aliphatic rings. The summed E-state index contributed by atoms with van der Waals surface area (Å²) in [6.45, 7) is 6.47. The number of benzene rings is 2. The van der Waals surface area contributed by atoms with E-state index in [0.29, 0.717) is 25.1 Å². The van der Waals surface area contributed by atoms with Crippen LogP contribution in [0.4, 0.5) is 5.69 Å². The fraction of sp³-hybridized carbons (Fsp3) is 0.435. The summed E-state index contributed by atoms with van der Waals surface area (Å²) < 4.78 is 33.4. The third-order valence-corrected chi connectivity index (χ3v) is 7.77. The van der Waals surface area contributed by atoms with Crippen LogP contribution in [-0.4, -0.2) is 45.9 Å². The SMILES string of the molecule is COc1ccc(C)cc1S(=O)(=O)N1CCCC(C(=O)N(C)c2ccc(C)c(C)c2)C1. The number of amides is 1. The summed E-state index contributed by atoms with van der Waals surface area (Å²) in [4.78, 5) is 15.0. The molecule has 0 aliphatic carbocycles. The molecule has 3 rings (SSSR count). The number of anilines is 1. The Kier molecular flexibility index (Phi) is 6.53. The summed E-state index contributed by atoms with van der Waals surface area (Å²) in [5.41, 5.74) is 3.95. The van der Waals surface area contributed by atoms with Crippen molar-refractivity contribution < 1.29 is 17.9 Å². The topological polar surface area (TPSA) is 66.9 Å². The Balaban J connectivity index is 1.83. The van der Waals surface area contributed by atoms with Gasteiger partial charge in [0.25, 0.3) is 0 Å². The van der Waals surface area contributed by atoms with Crippen molar-refractivity contribution in [3.05, 3.63) is 53.1 Å². The molecule has 0 spiro atoms. The Morgan fingerprint density at radius 3 is 2.50 bits per heavy atom.